The van der Waals surface area contributed by atoms with Crippen LogP contribution in [0.3, 0.4) is 0 Å². The number of ether oxygens (including phenoxy) is 1. The number of morpholine rings is 1. The van der Waals surface area contributed by atoms with Gasteiger partial charge in [-0.1, -0.05) is 0 Å². The van der Waals surface area contributed by atoms with Crippen LogP contribution in [0.1, 0.15) is 19.8 Å². The molecule has 5 heterocycles. The van der Waals surface area contributed by atoms with Gasteiger partial charge in [0.15, 0.2) is 0 Å². The summed E-state index contributed by atoms with van der Waals surface area (Å²) in [4.78, 5) is 34.3. The third-order valence-electron chi connectivity index (χ3n) is 6.32. The van der Waals surface area contributed by atoms with E-state index in [0.29, 0.717) is 17.7 Å². The Kier molecular flexibility index (Phi) is 6.66. The summed E-state index contributed by atoms with van der Waals surface area (Å²) in [5, 5.41) is 7.12. The first-order valence-corrected chi connectivity index (χ1v) is 11.8. The minimum Gasteiger partial charge on any atom is -0.378 e. The Morgan fingerprint density at radius 3 is 2.68 bits per heavy atom. The number of carbonyl (C=O) groups excluding carboxylic acids is 1. The zero-order valence-corrected chi connectivity index (χ0v) is 19.4. The molecule has 34 heavy (non-hydrogen) atoms. The van der Waals surface area contributed by atoms with Gasteiger partial charge in [0, 0.05) is 63.5 Å². The largest absolute Gasteiger partial charge is 0.378 e. The average Bonchev–Trinajstić information content (AvgIpc) is 2.87. The lowest BCUT2D eigenvalue weighted by atomic mass is 9.96. The Morgan fingerprint density at radius 1 is 1.06 bits per heavy atom. The number of hydrogen-bond acceptors (Lipinski definition) is 9. The fourth-order valence-corrected chi connectivity index (χ4v) is 4.52. The number of carbonyl (C=O) groups is 1. The van der Waals surface area contributed by atoms with Gasteiger partial charge in [-0.15, -0.1) is 0 Å². The molecule has 178 valence electrons. The smallest absolute Gasteiger partial charge is 0.224 e. The number of pyridine rings is 2. The van der Waals surface area contributed by atoms with E-state index in [2.05, 4.69) is 47.5 Å². The van der Waals surface area contributed by atoms with Gasteiger partial charge < -0.3 is 25.2 Å². The molecule has 1 amide bonds. The topological polar surface area (TPSA) is 108 Å². The highest BCUT2D eigenvalue weighted by Gasteiger charge is 2.24. The molecule has 2 aliphatic rings. The highest BCUT2D eigenvalue weighted by atomic mass is 16.5. The number of piperidine rings is 1. The third-order valence-corrected chi connectivity index (χ3v) is 6.32. The standard InChI is InChI=1S/C24H30N8O2/c1-17(33)28-21-4-8-26-24(29-21)27-16-18-5-9-32(10-6-18)23-19-3-2-7-25-20(19)15-22(30-23)31-11-13-34-14-12-31/h2-4,7-8,15,18H,5-6,9-14,16H2,1H3,(H2,26,27,28,29,33). The van der Waals surface area contributed by atoms with Crippen LogP contribution < -0.4 is 20.4 Å². The molecule has 10 nitrogen and oxygen atoms in total. The lowest BCUT2D eigenvalue weighted by molar-refractivity contribution is -0.114. The maximum Gasteiger partial charge on any atom is 0.224 e. The lowest BCUT2D eigenvalue weighted by Crippen LogP contribution is -2.38. The Labute approximate surface area is 198 Å². The molecule has 0 aromatic carbocycles. The summed E-state index contributed by atoms with van der Waals surface area (Å²) in [5.74, 6) is 3.40. The fraction of sp³-hybridized carbons (Fsp3) is 0.458. The van der Waals surface area contributed by atoms with Crippen LogP contribution in [-0.2, 0) is 9.53 Å². The SMILES string of the molecule is CC(=O)Nc1ccnc(NCC2CCN(c3nc(N4CCOCC4)cc4ncccc34)CC2)n1. The molecular formula is C24H30N8O2. The van der Waals surface area contributed by atoms with Crippen LogP contribution in [0.5, 0.6) is 0 Å². The van der Waals surface area contributed by atoms with Crippen molar-refractivity contribution in [1.29, 1.82) is 0 Å². The van der Waals surface area contributed by atoms with Gasteiger partial charge in [0.25, 0.3) is 0 Å². The Hall–Kier alpha value is -3.53. The molecule has 5 rings (SSSR count). The van der Waals surface area contributed by atoms with Gasteiger partial charge in [-0.05, 0) is 37.0 Å². The van der Waals surface area contributed by atoms with E-state index in [0.717, 1.165) is 81.3 Å². The molecule has 0 saturated carbocycles. The maximum atomic E-state index is 11.3. The number of rotatable bonds is 6. The summed E-state index contributed by atoms with van der Waals surface area (Å²) < 4.78 is 5.52. The summed E-state index contributed by atoms with van der Waals surface area (Å²) in [6, 6.07) is 7.87. The highest BCUT2D eigenvalue weighted by Crippen LogP contribution is 2.31. The van der Waals surface area contributed by atoms with Crippen LogP contribution in [0.15, 0.2) is 36.7 Å². The fourth-order valence-electron chi connectivity index (χ4n) is 4.52. The Bertz CT molecular complexity index is 1140. The first-order valence-electron chi connectivity index (χ1n) is 11.8. The first kappa shape index (κ1) is 22.3. The van der Waals surface area contributed by atoms with Crippen molar-refractivity contribution in [2.45, 2.75) is 19.8 Å². The van der Waals surface area contributed by atoms with Gasteiger partial charge in [-0.2, -0.15) is 4.98 Å². The van der Waals surface area contributed by atoms with Crippen LogP contribution in [0.2, 0.25) is 0 Å². The van der Waals surface area contributed by atoms with Gasteiger partial charge in [-0.25, -0.2) is 9.97 Å². The van der Waals surface area contributed by atoms with Crippen molar-refractivity contribution in [2.75, 3.05) is 66.4 Å². The molecule has 2 N–H and O–H groups in total. The maximum absolute atomic E-state index is 11.3. The van der Waals surface area contributed by atoms with Crippen LogP contribution in [0, 0.1) is 5.92 Å². The summed E-state index contributed by atoms with van der Waals surface area (Å²) in [6.45, 7) is 7.29. The van der Waals surface area contributed by atoms with E-state index >= 15 is 0 Å². The summed E-state index contributed by atoms with van der Waals surface area (Å²) in [7, 11) is 0. The molecule has 0 aliphatic carbocycles. The molecule has 2 saturated heterocycles. The monoisotopic (exact) mass is 462 g/mol. The quantitative estimate of drug-likeness (QED) is 0.571. The molecule has 0 spiro atoms. The van der Waals surface area contributed by atoms with Gasteiger partial charge in [-0.3, -0.25) is 9.78 Å². The van der Waals surface area contributed by atoms with E-state index in [9.17, 15) is 4.79 Å². The van der Waals surface area contributed by atoms with Crippen molar-refractivity contribution in [3.05, 3.63) is 36.7 Å². The first-order chi connectivity index (χ1) is 16.7. The summed E-state index contributed by atoms with van der Waals surface area (Å²) >= 11 is 0. The number of hydrogen-bond donors (Lipinski definition) is 2. The van der Waals surface area contributed by atoms with Crippen molar-refractivity contribution >= 4 is 40.2 Å². The Morgan fingerprint density at radius 2 is 1.88 bits per heavy atom. The summed E-state index contributed by atoms with van der Waals surface area (Å²) in [6.07, 6.45) is 5.58. The van der Waals surface area contributed by atoms with Gasteiger partial charge in [0.2, 0.25) is 11.9 Å². The van der Waals surface area contributed by atoms with Crippen LogP contribution >= 0.6 is 0 Å². The summed E-state index contributed by atoms with van der Waals surface area (Å²) in [5.41, 5.74) is 0.981. The van der Waals surface area contributed by atoms with E-state index in [4.69, 9.17) is 9.72 Å². The predicted octanol–water partition coefficient (Wildman–Crippen LogP) is 2.54. The van der Waals surface area contributed by atoms with Crippen LogP contribution in [0.4, 0.5) is 23.4 Å². The molecule has 2 aliphatic heterocycles. The van der Waals surface area contributed by atoms with Gasteiger partial charge >= 0.3 is 0 Å². The number of fused-ring (bicyclic) bond motifs is 1. The number of amides is 1. The van der Waals surface area contributed by atoms with Crippen molar-refractivity contribution in [3.8, 4) is 0 Å². The highest BCUT2D eigenvalue weighted by molar-refractivity contribution is 5.91. The third kappa shape index (κ3) is 5.17. The number of nitrogens with one attached hydrogen (secondary N) is 2. The molecule has 0 atom stereocenters. The molecule has 10 heteroatoms. The molecule has 2 fully saturated rings. The predicted molar refractivity (Wildman–Crippen MR) is 132 cm³/mol. The molecule has 3 aromatic rings. The Balaban J connectivity index is 1.25. The number of anilines is 4. The van der Waals surface area contributed by atoms with Gasteiger partial charge in [0.05, 0.1) is 18.7 Å². The van der Waals surface area contributed by atoms with E-state index < -0.39 is 0 Å². The van der Waals surface area contributed by atoms with Crippen molar-refractivity contribution in [1.82, 2.24) is 19.9 Å². The minimum atomic E-state index is -0.147. The second-order valence-electron chi connectivity index (χ2n) is 8.73. The van der Waals surface area contributed by atoms with Crippen molar-refractivity contribution in [2.24, 2.45) is 5.92 Å². The van der Waals surface area contributed by atoms with Crippen LogP contribution in [0.25, 0.3) is 10.9 Å². The van der Waals surface area contributed by atoms with E-state index in [-0.39, 0.29) is 5.91 Å². The molecular weight excluding hydrogens is 432 g/mol. The van der Waals surface area contributed by atoms with E-state index in [1.807, 2.05) is 12.3 Å². The van der Waals surface area contributed by atoms with Gasteiger partial charge in [0.1, 0.15) is 17.5 Å². The molecule has 0 radical (unpaired) electrons. The second-order valence-corrected chi connectivity index (χ2v) is 8.73. The minimum absolute atomic E-state index is 0.147. The molecule has 0 bridgehead atoms. The number of nitrogens with zero attached hydrogens (tertiary/aromatic N) is 6. The van der Waals surface area contributed by atoms with Crippen molar-refractivity contribution < 1.29 is 9.53 Å². The lowest BCUT2D eigenvalue weighted by Gasteiger charge is -2.34. The second kappa shape index (κ2) is 10.2. The normalized spacial score (nSPS) is 17.1. The van der Waals surface area contributed by atoms with Crippen molar-refractivity contribution in [3.63, 3.8) is 0 Å². The zero-order chi connectivity index (χ0) is 23.3. The van der Waals surface area contributed by atoms with Crippen LogP contribution in [-0.4, -0.2) is 71.8 Å². The van der Waals surface area contributed by atoms with E-state index in [1.165, 1.54) is 6.92 Å². The number of aromatic nitrogens is 4. The van der Waals surface area contributed by atoms with E-state index in [1.54, 1.807) is 12.3 Å². The average molecular weight is 463 g/mol. The zero-order valence-electron chi connectivity index (χ0n) is 19.4. The molecule has 0 unspecified atom stereocenters. The molecule has 3 aromatic heterocycles.